The Kier molecular flexibility index (Phi) is 7.06. The summed E-state index contributed by atoms with van der Waals surface area (Å²) in [5, 5.41) is 42.7. The van der Waals surface area contributed by atoms with Crippen molar-refractivity contribution in [1.29, 1.82) is 0 Å². The van der Waals surface area contributed by atoms with Crippen molar-refractivity contribution in [2.45, 2.75) is 12.1 Å². The van der Waals surface area contributed by atoms with Gasteiger partial charge in [0.15, 0.2) is 0 Å². The first kappa shape index (κ1) is 18.5. The first-order chi connectivity index (χ1) is 10.9. The monoisotopic (exact) mass is 327 g/mol. The number of nitro benzene ring substituents is 1. The summed E-state index contributed by atoms with van der Waals surface area (Å²) in [5.74, 6) is -2.10. The molecule has 1 rings (SSSR count). The third-order valence-corrected chi connectivity index (χ3v) is 2.94. The van der Waals surface area contributed by atoms with Crippen molar-refractivity contribution in [2.75, 3.05) is 19.8 Å². The number of amides is 2. The summed E-state index contributed by atoms with van der Waals surface area (Å²) in [6.45, 7) is -1.11. The van der Waals surface area contributed by atoms with Crippen molar-refractivity contribution < 1.29 is 29.8 Å². The standard InChI is InChI=1S/C13H17N3O7/c17-6-5-14-12(20)13(21)15-10(7-18)11(19)8-1-3-9(4-2-8)16(22)23/h1-4,10-11,17-19H,5-7H2,(H,14,20)(H,15,21). The van der Waals surface area contributed by atoms with Crippen LogP contribution in [0.15, 0.2) is 24.3 Å². The molecule has 0 aromatic heterocycles. The average molecular weight is 327 g/mol. The third-order valence-electron chi connectivity index (χ3n) is 2.94. The Labute approximate surface area is 130 Å². The lowest BCUT2D eigenvalue weighted by molar-refractivity contribution is -0.384. The summed E-state index contributed by atoms with van der Waals surface area (Å²) in [5.41, 5.74) is 0.0552. The van der Waals surface area contributed by atoms with Gasteiger partial charge in [-0.2, -0.15) is 0 Å². The number of hydrogen-bond acceptors (Lipinski definition) is 7. The number of carbonyl (C=O) groups is 2. The zero-order valence-corrected chi connectivity index (χ0v) is 12.0. The second-order valence-electron chi connectivity index (χ2n) is 4.54. The molecule has 126 valence electrons. The highest BCUT2D eigenvalue weighted by Crippen LogP contribution is 2.20. The van der Waals surface area contributed by atoms with E-state index in [9.17, 15) is 29.9 Å². The molecule has 0 spiro atoms. The Bertz CT molecular complexity index is 561. The Hall–Kier alpha value is -2.56. The van der Waals surface area contributed by atoms with E-state index in [1.165, 1.54) is 24.3 Å². The molecule has 10 nitrogen and oxygen atoms in total. The number of aliphatic hydroxyl groups is 3. The van der Waals surface area contributed by atoms with Gasteiger partial charge in [-0.25, -0.2) is 0 Å². The van der Waals surface area contributed by atoms with Crippen molar-refractivity contribution in [3.8, 4) is 0 Å². The molecule has 2 atom stereocenters. The molecule has 10 heteroatoms. The van der Waals surface area contributed by atoms with Crippen LogP contribution in [0.2, 0.25) is 0 Å². The summed E-state index contributed by atoms with van der Waals surface area (Å²) >= 11 is 0. The van der Waals surface area contributed by atoms with E-state index in [0.717, 1.165) is 0 Å². The molecular formula is C13H17N3O7. The van der Waals surface area contributed by atoms with E-state index >= 15 is 0 Å². The Balaban J connectivity index is 2.74. The number of nitro groups is 1. The summed E-state index contributed by atoms with van der Waals surface area (Å²) in [7, 11) is 0. The first-order valence-corrected chi connectivity index (χ1v) is 6.63. The molecule has 2 amide bonds. The van der Waals surface area contributed by atoms with Crippen LogP contribution in [0.25, 0.3) is 0 Å². The molecule has 5 N–H and O–H groups in total. The van der Waals surface area contributed by atoms with Crippen molar-refractivity contribution in [1.82, 2.24) is 10.6 Å². The molecule has 0 aliphatic rings. The average Bonchev–Trinajstić information content (AvgIpc) is 2.56. The van der Waals surface area contributed by atoms with E-state index in [2.05, 4.69) is 10.6 Å². The minimum absolute atomic E-state index is 0.110. The molecule has 0 radical (unpaired) electrons. The fraction of sp³-hybridized carbons (Fsp3) is 0.385. The molecule has 0 bridgehead atoms. The van der Waals surface area contributed by atoms with Crippen molar-refractivity contribution in [2.24, 2.45) is 0 Å². The lowest BCUT2D eigenvalue weighted by Gasteiger charge is -2.22. The van der Waals surface area contributed by atoms with Gasteiger partial charge in [0.2, 0.25) is 0 Å². The van der Waals surface area contributed by atoms with Gasteiger partial charge >= 0.3 is 11.8 Å². The Morgan fingerprint density at radius 1 is 1.17 bits per heavy atom. The maximum Gasteiger partial charge on any atom is 0.309 e. The highest BCUT2D eigenvalue weighted by molar-refractivity contribution is 6.35. The van der Waals surface area contributed by atoms with Crippen LogP contribution in [0.3, 0.4) is 0 Å². The van der Waals surface area contributed by atoms with E-state index in [4.69, 9.17) is 5.11 Å². The molecule has 1 aromatic rings. The number of non-ortho nitro benzene ring substituents is 1. The van der Waals surface area contributed by atoms with E-state index in [1.54, 1.807) is 0 Å². The predicted octanol–water partition coefficient (Wildman–Crippen LogP) is -1.79. The van der Waals surface area contributed by atoms with Gasteiger partial charge in [0.25, 0.3) is 5.69 Å². The summed E-state index contributed by atoms with van der Waals surface area (Å²) in [6.07, 6.45) is -1.37. The Morgan fingerprint density at radius 2 is 1.78 bits per heavy atom. The normalized spacial score (nSPS) is 13.0. The van der Waals surface area contributed by atoms with Gasteiger partial charge in [0.05, 0.1) is 24.2 Å². The maximum atomic E-state index is 11.6. The highest BCUT2D eigenvalue weighted by atomic mass is 16.6. The van der Waals surface area contributed by atoms with Crippen LogP contribution in [0.1, 0.15) is 11.7 Å². The Morgan fingerprint density at radius 3 is 2.26 bits per heavy atom. The quantitative estimate of drug-likeness (QED) is 0.224. The van der Waals surface area contributed by atoms with Crippen LogP contribution in [-0.4, -0.2) is 57.9 Å². The van der Waals surface area contributed by atoms with E-state index < -0.39 is 35.5 Å². The third kappa shape index (κ3) is 5.29. The maximum absolute atomic E-state index is 11.6. The van der Waals surface area contributed by atoms with Gasteiger partial charge in [-0.15, -0.1) is 0 Å². The fourth-order valence-electron chi connectivity index (χ4n) is 1.73. The number of hydrogen-bond donors (Lipinski definition) is 5. The van der Waals surface area contributed by atoms with E-state index in [-0.39, 0.29) is 24.4 Å². The zero-order valence-electron chi connectivity index (χ0n) is 12.0. The van der Waals surface area contributed by atoms with Gasteiger partial charge in [-0.3, -0.25) is 19.7 Å². The van der Waals surface area contributed by atoms with Crippen LogP contribution in [0, 0.1) is 10.1 Å². The number of benzene rings is 1. The molecule has 1 aromatic carbocycles. The number of carbonyl (C=O) groups excluding carboxylic acids is 2. The van der Waals surface area contributed by atoms with Gasteiger partial charge in [0, 0.05) is 18.7 Å². The van der Waals surface area contributed by atoms with Crippen LogP contribution in [-0.2, 0) is 9.59 Å². The van der Waals surface area contributed by atoms with Gasteiger partial charge < -0.3 is 26.0 Å². The molecule has 0 saturated heterocycles. The summed E-state index contributed by atoms with van der Waals surface area (Å²) in [6, 6.07) is 3.72. The second-order valence-corrected chi connectivity index (χ2v) is 4.54. The minimum Gasteiger partial charge on any atom is -0.395 e. The SMILES string of the molecule is O=C(NCCO)C(=O)NC(CO)C(O)c1ccc([N+](=O)[O-])cc1. The van der Waals surface area contributed by atoms with Crippen LogP contribution in [0.4, 0.5) is 5.69 Å². The summed E-state index contributed by atoms with van der Waals surface area (Å²) in [4.78, 5) is 32.9. The van der Waals surface area contributed by atoms with Crippen molar-refractivity contribution >= 4 is 17.5 Å². The van der Waals surface area contributed by atoms with Crippen molar-refractivity contribution in [3.05, 3.63) is 39.9 Å². The van der Waals surface area contributed by atoms with Gasteiger partial charge in [-0.05, 0) is 17.7 Å². The minimum atomic E-state index is -1.37. The fourth-order valence-corrected chi connectivity index (χ4v) is 1.73. The van der Waals surface area contributed by atoms with Gasteiger partial charge in [0.1, 0.15) is 6.10 Å². The highest BCUT2D eigenvalue weighted by Gasteiger charge is 2.25. The second kappa shape index (κ2) is 8.78. The van der Waals surface area contributed by atoms with Crippen LogP contribution < -0.4 is 10.6 Å². The topological polar surface area (TPSA) is 162 Å². The van der Waals surface area contributed by atoms with Crippen LogP contribution in [0.5, 0.6) is 0 Å². The van der Waals surface area contributed by atoms with E-state index in [0.29, 0.717) is 0 Å². The number of aliphatic hydroxyl groups excluding tert-OH is 3. The van der Waals surface area contributed by atoms with Crippen molar-refractivity contribution in [3.63, 3.8) is 0 Å². The predicted molar refractivity (Wildman–Crippen MR) is 77.2 cm³/mol. The molecule has 0 aliphatic carbocycles. The smallest absolute Gasteiger partial charge is 0.309 e. The van der Waals surface area contributed by atoms with Crippen LogP contribution >= 0.6 is 0 Å². The lowest BCUT2D eigenvalue weighted by atomic mass is 10.0. The molecule has 23 heavy (non-hydrogen) atoms. The molecule has 0 aliphatic heterocycles. The number of nitrogens with zero attached hydrogens (tertiary/aromatic N) is 1. The number of nitrogens with one attached hydrogen (secondary N) is 2. The molecule has 0 heterocycles. The summed E-state index contributed by atoms with van der Waals surface area (Å²) < 4.78 is 0. The largest absolute Gasteiger partial charge is 0.395 e. The first-order valence-electron chi connectivity index (χ1n) is 6.63. The lowest BCUT2D eigenvalue weighted by Crippen LogP contribution is -2.48. The van der Waals surface area contributed by atoms with Gasteiger partial charge in [-0.1, -0.05) is 0 Å². The molecule has 0 saturated carbocycles. The molecule has 0 fully saturated rings. The molecular weight excluding hydrogens is 310 g/mol. The number of rotatable bonds is 7. The molecule has 2 unspecified atom stereocenters. The zero-order chi connectivity index (χ0) is 17.4. The van der Waals surface area contributed by atoms with E-state index in [1.807, 2.05) is 0 Å².